The van der Waals surface area contributed by atoms with Gasteiger partial charge in [-0.3, -0.25) is 4.79 Å². The molecular formula is C15H28N2O4. The van der Waals surface area contributed by atoms with E-state index in [-0.39, 0.29) is 18.1 Å². The number of hydrogen-bond acceptors (Lipinski definition) is 5. The van der Waals surface area contributed by atoms with Gasteiger partial charge >= 0.3 is 12.1 Å². The lowest BCUT2D eigenvalue weighted by Crippen LogP contribution is -2.41. The van der Waals surface area contributed by atoms with Crippen LogP contribution in [0.1, 0.15) is 40.5 Å². The Morgan fingerprint density at radius 2 is 2.05 bits per heavy atom. The van der Waals surface area contributed by atoms with Gasteiger partial charge in [0.1, 0.15) is 11.6 Å². The van der Waals surface area contributed by atoms with Crippen molar-refractivity contribution in [1.29, 1.82) is 0 Å². The fourth-order valence-electron chi connectivity index (χ4n) is 2.34. The summed E-state index contributed by atoms with van der Waals surface area (Å²) >= 11 is 0. The number of esters is 1. The Bertz CT molecular complexity index is 365. The number of amides is 1. The van der Waals surface area contributed by atoms with Gasteiger partial charge < -0.3 is 19.7 Å². The Morgan fingerprint density at radius 1 is 1.38 bits per heavy atom. The molecule has 0 saturated carbocycles. The van der Waals surface area contributed by atoms with Crippen molar-refractivity contribution in [3.8, 4) is 0 Å². The molecular weight excluding hydrogens is 272 g/mol. The minimum absolute atomic E-state index is 0.237. The maximum atomic E-state index is 12.0. The molecule has 6 heteroatoms. The van der Waals surface area contributed by atoms with Crippen molar-refractivity contribution in [1.82, 2.24) is 10.2 Å². The maximum Gasteiger partial charge on any atom is 0.410 e. The van der Waals surface area contributed by atoms with Gasteiger partial charge in [-0.05, 0) is 39.5 Å². The third-order valence-corrected chi connectivity index (χ3v) is 3.48. The number of hydrogen-bond donors (Lipinski definition) is 1. The van der Waals surface area contributed by atoms with Crippen LogP contribution < -0.4 is 5.32 Å². The van der Waals surface area contributed by atoms with Gasteiger partial charge in [-0.25, -0.2) is 4.79 Å². The fraction of sp³-hybridized carbons (Fsp3) is 0.867. The molecule has 0 aromatic rings. The molecule has 2 atom stereocenters. The highest BCUT2D eigenvalue weighted by atomic mass is 16.6. The molecule has 0 spiro atoms. The lowest BCUT2D eigenvalue weighted by Gasteiger charge is -2.24. The highest BCUT2D eigenvalue weighted by Gasteiger charge is 2.30. The molecule has 0 radical (unpaired) electrons. The first kappa shape index (κ1) is 17.8. The molecule has 0 aliphatic carbocycles. The van der Waals surface area contributed by atoms with E-state index >= 15 is 0 Å². The van der Waals surface area contributed by atoms with E-state index in [1.54, 1.807) is 4.90 Å². The number of rotatable bonds is 5. The first-order chi connectivity index (χ1) is 9.76. The zero-order chi connectivity index (χ0) is 16.0. The number of nitrogens with one attached hydrogen (secondary N) is 1. The van der Waals surface area contributed by atoms with Crippen molar-refractivity contribution in [2.45, 2.75) is 52.2 Å². The van der Waals surface area contributed by atoms with E-state index in [0.717, 1.165) is 6.42 Å². The van der Waals surface area contributed by atoms with Crippen molar-refractivity contribution in [2.75, 3.05) is 26.7 Å². The summed E-state index contributed by atoms with van der Waals surface area (Å²) in [5, 5.41) is 3.22. The molecule has 1 aliphatic heterocycles. The summed E-state index contributed by atoms with van der Waals surface area (Å²) in [5.74, 6) is 0.107. The summed E-state index contributed by atoms with van der Waals surface area (Å²) in [5.41, 5.74) is -0.467. The van der Waals surface area contributed by atoms with Crippen LogP contribution in [0.2, 0.25) is 0 Å². The van der Waals surface area contributed by atoms with Gasteiger partial charge in [-0.2, -0.15) is 0 Å². The van der Waals surface area contributed by atoms with Crippen LogP contribution in [-0.2, 0) is 14.3 Å². The topological polar surface area (TPSA) is 67.9 Å². The van der Waals surface area contributed by atoms with Gasteiger partial charge in [0, 0.05) is 19.6 Å². The summed E-state index contributed by atoms with van der Waals surface area (Å²) in [6.07, 6.45) is 1.35. The van der Waals surface area contributed by atoms with Crippen LogP contribution in [0.3, 0.4) is 0 Å². The number of carbonyl (C=O) groups is 2. The van der Waals surface area contributed by atoms with E-state index < -0.39 is 5.60 Å². The molecule has 1 amide bonds. The van der Waals surface area contributed by atoms with Gasteiger partial charge in [0.05, 0.1) is 7.11 Å². The van der Waals surface area contributed by atoms with Crippen LogP contribution >= 0.6 is 0 Å². The van der Waals surface area contributed by atoms with Crippen molar-refractivity contribution in [2.24, 2.45) is 5.92 Å². The van der Waals surface area contributed by atoms with E-state index in [0.29, 0.717) is 32.0 Å². The average Bonchev–Trinajstić information content (AvgIpc) is 2.86. The molecule has 1 heterocycles. The number of nitrogens with zero attached hydrogens (tertiary/aromatic N) is 1. The molecule has 122 valence electrons. The Labute approximate surface area is 127 Å². The summed E-state index contributed by atoms with van der Waals surface area (Å²) in [7, 11) is 1.40. The van der Waals surface area contributed by atoms with E-state index in [1.807, 2.05) is 27.7 Å². The van der Waals surface area contributed by atoms with Gasteiger partial charge in [-0.1, -0.05) is 6.92 Å². The van der Waals surface area contributed by atoms with Crippen molar-refractivity contribution >= 4 is 12.1 Å². The molecule has 2 unspecified atom stereocenters. The van der Waals surface area contributed by atoms with Crippen LogP contribution in [-0.4, -0.2) is 55.3 Å². The fourth-order valence-corrected chi connectivity index (χ4v) is 2.34. The standard InChI is InChI=1S/C15H28N2O4/c1-6-12(13(18)20-5)16-9-11-7-8-17(10-11)14(19)21-15(2,3)4/h11-12,16H,6-10H2,1-5H3. The predicted molar refractivity (Wildman–Crippen MR) is 80.0 cm³/mol. The van der Waals surface area contributed by atoms with Crippen molar-refractivity contribution < 1.29 is 19.1 Å². The van der Waals surface area contributed by atoms with Gasteiger partial charge in [-0.15, -0.1) is 0 Å². The SMILES string of the molecule is CCC(NCC1CCN(C(=O)OC(C)(C)C)C1)C(=O)OC. The summed E-state index contributed by atoms with van der Waals surface area (Å²) in [6, 6.07) is -0.273. The number of ether oxygens (including phenoxy) is 2. The number of carbonyl (C=O) groups excluding carboxylic acids is 2. The van der Waals surface area contributed by atoms with Crippen LogP contribution in [0, 0.1) is 5.92 Å². The van der Waals surface area contributed by atoms with Crippen molar-refractivity contribution in [3.63, 3.8) is 0 Å². The molecule has 21 heavy (non-hydrogen) atoms. The zero-order valence-electron chi connectivity index (χ0n) is 13.8. The first-order valence-electron chi connectivity index (χ1n) is 7.56. The third kappa shape index (κ3) is 5.91. The summed E-state index contributed by atoms with van der Waals surface area (Å²) in [6.45, 7) is 9.60. The molecule has 0 bridgehead atoms. The molecule has 6 nitrogen and oxygen atoms in total. The minimum atomic E-state index is -0.467. The zero-order valence-corrected chi connectivity index (χ0v) is 13.8. The number of methoxy groups -OCH3 is 1. The first-order valence-corrected chi connectivity index (χ1v) is 7.56. The van der Waals surface area contributed by atoms with Crippen LogP contribution in [0.15, 0.2) is 0 Å². The van der Waals surface area contributed by atoms with Gasteiger partial charge in [0.15, 0.2) is 0 Å². The number of likely N-dealkylation sites (tertiary alicyclic amines) is 1. The minimum Gasteiger partial charge on any atom is -0.468 e. The Balaban J connectivity index is 2.38. The maximum absolute atomic E-state index is 12.0. The van der Waals surface area contributed by atoms with Gasteiger partial charge in [0.25, 0.3) is 0 Å². The van der Waals surface area contributed by atoms with E-state index in [1.165, 1.54) is 7.11 Å². The average molecular weight is 300 g/mol. The molecule has 0 aromatic carbocycles. The second-order valence-corrected chi connectivity index (χ2v) is 6.47. The second-order valence-electron chi connectivity index (χ2n) is 6.47. The lowest BCUT2D eigenvalue weighted by atomic mass is 10.1. The quantitative estimate of drug-likeness (QED) is 0.784. The molecule has 0 aromatic heterocycles. The smallest absolute Gasteiger partial charge is 0.410 e. The van der Waals surface area contributed by atoms with E-state index in [4.69, 9.17) is 9.47 Å². The molecule has 1 saturated heterocycles. The second kappa shape index (κ2) is 7.64. The van der Waals surface area contributed by atoms with E-state index in [9.17, 15) is 9.59 Å². The summed E-state index contributed by atoms with van der Waals surface area (Å²) in [4.78, 5) is 25.2. The monoisotopic (exact) mass is 300 g/mol. The Kier molecular flexibility index (Phi) is 6.45. The largest absolute Gasteiger partial charge is 0.468 e. The lowest BCUT2D eigenvalue weighted by molar-refractivity contribution is -0.143. The van der Waals surface area contributed by atoms with Crippen LogP contribution in [0.25, 0.3) is 0 Å². The molecule has 1 rings (SSSR count). The Hall–Kier alpha value is -1.30. The Morgan fingerprint density at radius 3 is 2.57 bits per heavy atom. The van der Waals surface area contributed by atoms with E-state index in [2.05, 4.69) is 5.32 Å². The molecule has 1 N–H and O–H groups in total. The summed E-state index contributed by atoms with van der Waals surface area (Å²) < 4.78 is 10.1. The third-order valence-electron chi connectivity index (χ3n) is 3.48. The molecule has 1 fully saturated rings. The highest BCUT2D eigenvalue weighted by molar-refractivity contribution is 5.75. The normalized spacial score (nSPS) is 20.2. The van der Waals surface area contributed by atoms with Crippen LogP contribution in [0.5, 0.6) is 0 Å². The van der Waals surface area contributed by atoms with Gasteiger partial charge in [0.2, 0.25) is 0 Å². The van der Waals surface area contributed by atoms with Crippen LogP contribution in [0.4, 0.5) is 4.79 Å². The highest BCUT2D eigenvalue weighted by Crippen LogP contribution is 2.19. The van der Waals surface area contributed by atoms with Crippen molar-refractivity contribution in [3.05, 3.63) is 0 Å². The molecule has 1 aliphatic rings. The predicted octanol–water partition coefficient (Wildman–Crippen LogP) is 1.78.